The minimum atomic E-state index is -0.110. The molecule has 110 valence electrons. The maximum Gasteiger partial charge on any atom is 0.287 e. The third kappa shape index (κ3) is 2.95. The smallest absolute Gasteiger partial charge is 0.287 e. The van der Waals surface area contributed by atoms with Crippen molar-refractivity contribution in [1.82, 2.24) is 14.9 Å². The summed E-state index contributed by atoms with van der Waals surface area (Å²) >= 11 is 3.58. The van der Waals surface area contributed by atoms with Crippen molar-refractivity contribution in [3.8, 4) is 0 Å². The average Bonchev–Trinajstić information content (AvgIpc) is 3.08. The number of hydrogen-bond acceptors (Lipinski definition) is 3. The van der Waals surface area contributed by atoms with Gasteiger partial charge in [-0.15, -0.1) is 0 Å². The molecule has 3 rings (SSSR count). The summed E-state index contributed by atoms with van der Waals surface area (Å²) in [7, 11) is 1.82. The summed E-state index contributed by atoms with van der Waals surface area (Å²) in [5.74, 6) is 0.343. The van der Waals surface area contributed by atoms with Crippen LogP contribution in [-0.2, 0) is 7.05 Å². The Morgan fingerprint density at radius 1 is 1.43 bits per heavy atom. The molecule has 1 N–H and O–H groups in total. The molecule has 2 heterocycles. The fraction of sp³-hybridized carbons (Fsp3) is 0.333. The Kier molecular flexibility index (Phi) is 3.96. The van der Waals surface area contributed by atoms with Gasteiger partial charge in [-0.3, -0.25) is 4.79 Å². The van der Waals surface area contributed by atoms with Crippen molar-refractivity contribution in [1.29, 1.82) is 0 Å². The van der Waals surface area contributed by atoms with E-state index >= 15 is 0 Å². The second kappa shape index (κ2) is 5.89. The minimum Gasteiger partial charge on any atom is -0.368 e. The fourth-order valence-corrected chi connectivity index (χ4v) is 3.17. The van der Waals surface area contributed by atoms with Gasteiger partial charge in [0, 0.05) is 43.0 Å². The Hall–Kier alpha value is -1.82. The van der Waals surface area contributed by atoms with Crippen LogP contribution >= 0.6 is 15.9 Å². The molecular weight excluding hydrogens is 332 g/mol. The van der Waals surface area contributed by atoms with Crippen LogP contribution in [0.2, 0.25) is 0 Å². The number of para-hydroxylation sites is 1. The van der Waals surface area contributed by atoms with Crippen molar-refractivity contribution in [2.75, 3.05) is 18.0 Å². The maximum atomic E-state index is 12.2. The predicted octanol–water partition coefficient (Wildman–Crippen LogP) is 2.19. The molecule has 0 spiro atoms. The van der Waals surface area contributed by atoms with Crippen molar-refractivity contribution in [2.24, 2.45) is 7.05 Å². The Balaban J connectivity index is 1.64. The molecule has 1 aliphatic rings. The number of rotatable bonds is 3. The first-order valence-electron chi connectivity index (χ1n) is 6.93. The monoisotopic (exact) mass is 348 g/mol. The molecule has 2 aromatic rings. The molecule has 1 amide bonds. The number of aryl methyl sites for hydroxylation is 1. The highest BCUT2D eigenvalue weighted by Gasteiger charge is 2.26. The van der Waals surface area contributed by atoms with Gasteiger partial charge in [-0.05, 0) is 34.5 Å². The van der Waals surface area contributed by atoms with Gasteiger partial charge in [-0.1, -0.05) is 12.1 Å². The Bertz CT molecular complexity index is 655. The van der Waals surface area contributed by atoms with Gasteiger partial charge in [-0.25, -0.2) is 4.98 Å². The van der Waals surface area contributed by atoms with E-state index in [1.54, 1.807) is 17.0 Å². The largest absolute Gasteiger partial charge is 0.368 e. The first kappa shape index (κ1) is 14.1. The normalized spacial score (nSPS) is 18.0. The number of aromatic nitrogens is 2. The van der Waals surface area contributed by atoms with Crippen LogP contribution in [0.5, 0.6) is 0 Å². The van der Waals surface area contributed by atoms with E-state index < -0.39 is 0 Å². The molecule has 0 bridgehead atoms. The lowest BCUT2D eigenvalue weighted by Gasteiger charge is -2.20. The van der Waals surface area contributed by atoms with E-state index in [1.165, 1.54) is 5.69 Å². The van der Waals surface area contributed by atoms with Crippen LogP contribution in [0.15, 0.2) is 41.1 Å². The summed E-state index contributed by atoms with van der Waals surface area (Å²) in [5, 5.41) is 3.06. The van der Waals surface area contributed by atoms with Gasteiger partial charge in [0.05, 0.1) is 5.69 Å². The van der Waals surface area contributed by atoms with Crippen molar-refractivity contribution < 1.29 is 4.79 Å². The molecule has 1 atom stereocenters. The summed E-state index contributed by atoms with van der Waals surface area (Å²) in [6.07, 6.45) is 4.35. The molecule has 1 fully saturated rings. The van der Waals surface area contributed by atoms with E-state index in [0.29, 0.717) is 5.82 Å². The third-order valence-corrected chi connectivity index (χ3v) is 4.41. The lowest BCUT2D eigenvalue weighted by atomic mass is 10.2. The number of hydrogen-bond donors (Lipinski definition) is 1. The first-order valence-corrected chi connectivity index (χ1v) is 7.72. The first-order chi connectivity index (χ1) is 10.1. The van der Waals surface area contributed by atoms with Crippen molar-refractivity contribution >= 4 is 27.5 Å². The lowest BCUT2D eigenvalue weighted by molar-refractivity contribution is 0.0927. The van der Waals surface area contributed by atoms with Gasteiger partial charge in [0.1, 0.15) is 0 Å². The van der Waals surface area contributed by atoms with E-state index in [4.69, 9.17) is 0 Å². The maximum absolute atomic E-state index is 12.2. The van der Waals surface area contributed by atoms with Gasteiger partial charge in [0.2, 0.25) is 0 Å². The molecule has 1 unspecified atom stereocenters. The summed E-state index contributed by atoms with van der Waals surface area (Å²) in [6.45, 7) is 1.76. The number of nitrogens with zero attached hydrogens (tertiary/aromatic N) is 3. The molecule has 1 saturated heterocycles. The summed E-state index contributed by atoms with van der Waals surface area (Å²) in [5.41, 5.74) is 1.17. The Morgan fingerprint density at radius 2 is 2.24 bits per heavy atom. The number of anilines is 1. The fourth-order valence-electron chi connectivity index (χ4n) is 2.64. The minimum absolute atomic E-state index is 0.110. The molecule has 21 heavy (non-hydrogen) atoms. The Labute approximate surface area is 132 Å². The lowest BCUT2D eigenvalue weighted by Crippen LogP contribution is -2.38. The second-order valence-corrected chi connectivity index (χ2v) is 6.07. The topological polar surface area (TPSA) is 50.2 Å². The van der Waals surface area contributed by atoms with Crippen LogP contribution in [0.3, 0.4) is 0 Å². The average molecular weight is 349 g/mol. The number of carbonyl (C=O) groups is 1. The number of imidazole rings is 1. The molecule has 1 aliphatic heterocycles. The van der Waals surface area contributed by atoms with Crippen molar-refractivity contribution in [2.45, 2.75) is 12.5 Å². The van der Waals surface area contributed by atoms with Gasteiger partial charge in [0.25, 0.3) is 5.91 Å². The van der Waals surface area contributed by atoms with Crippen LogP contribution in [0.4, 0.5) is 5.69 Å². The van der Waals surface area contributed by atoms with E-state index in [1.807, 2.05) is 25.2 Å². The highest BCUT2D eigenvalue weighted by atomic mass is 79.9. The third-order valence-electron chi connectivity index (χ3n) is 3.74. The quantitative estimate of drug-likeness (QED) is 0.924. The summed E-state index contributed by atoms with van der Waals surface area (Å²) in [6, 6.07) is 8.31. The van der Waals surface area contributed by atoms with Gasteiger partial charge in [0.15, 0.2) is 5.82 Å². The van der Waals surface area contributed by atoms with E-state index in [9.17, 15) is 4.79 Å². The molecule has 0 aliphatic carbocycles. The van der Waals surface area contributed by atoms with Crippen molar-refractivity contribution in [3.63, 3.8) is 0 Å². The number of amides is 1. The molecule has 0 saturated carbocycles. The Morgan fingerprint density at radius 3 is 2.95 bits per heavy atom. The molecular formula is C15H17BrN4O. The number of carbonyl (C=O) groups excluding carboxylic acids is 1. The summed E-state index contributed by atoms with van der Waals surface area (Å²) < 4.78 is 2.82. The van der Waals surface area contributed by atoms with Crippen LogP contribution in [0, 0.1) is 0 Å². The SMILES string of the molecule is Cn1ccnc1C(=O)NC1CCN(c2ccccc2Br)C1. The molecule has 5 nitrogen and oxygen atoms in total. The predicted molar refractivity (Wildman–Crippen MR) is 85.4 cm³/mol. The van der Waals surface area contributed by atoms with E-state index in [0.717, 1.165) is 24.0 Å². The van der Waals surface area contributed by atoms with Gasteiger partial charge in [-0.2, -0.15) is 0 Å². The second-order valence-electron chi connectivity index (χ2n) is 5.22. The zero-order chi connectivity index (χ0) is 14.8. The highest BCUT2D eigenvalue weighted by Crippen LogP contribution is 2.28. The van der Waals surface area contributed by atoms with Gasteiger partial charge < -0.3 is 14.8 Å². The zero-order valence-corrected chi connectivity index (χ0v) is 13.4. The number of halogens is 1. The number of nitrogens with one attached hydrogen (secondary N) is 1. The van der Waals surface area contributed by atoms with Crippen LogP contribution < -0.4 is 10.2 Å². The van der Waals surface area contributed by atoms with Gasteiger partial charge >= 0.3 is 0 Å². The highest BCUT2D eigenvalue weighted by molar-refractivity contribution is 9.10. The molecule has 1 aromatic heterocycles. The molecule has 1 aromatic carbocycles. The van der Waals surface area contributed by atoms with Crippen LogP contribution in [-0.4, -0.2) is 34.6 Å². The van der Waals surface area contributed by atoms with Crippen LogP contribution in [0.1, 0.15) is 17.0 Å². The van der Waals surface area contributed by atoms with Crippen LogP contribution in [0.25, 0.3) is 0 Å². The summed E-state index contributed by atoms with van der Waals surface area (Å²) in [4.78, 5) is 18.5. The standard InChI is InChI=1S/C15H17BrN4O/c1-19-9-7-17-14(19)15(21)18-11-6-8-20(10-11)13-5-3-2-4-12(13)16/h2-5,7,9,11H,6,8,10H2,1H3,(H,18,21). The number of benzene rings is 1. The molecule has 0 radical (unpaired) electrons. The van der Waals surface area contributed by atoms with Crippen molar-refractivity contribution in [3.05, 3.63) is 47.0 Å². The van der Waals surface area contributed by atoms with E-state index in [-0.39, 0.29) is 11.9 Å². The molecule has 6 heteroatoms. The zero-order valence-electron chi connectivity index (χ0n) is 11.8. The van der Waals surface area contributed by atoms with E-state index in [2.05, 4.69) is 37.2 Å².